The van der Waals surface area contributed by atoms with Gasteiger partial charge in [-0.25, -0.2) is 19.9 Å². The van der Waals surface area contributed by atoms with Gasteiger partial charge in [-0.2, -0.15) is 0 Å². The van der Waals surface area contributed by atoms with Gasteiger partial charge in [-0.15, -0.1) is 0 Å². The summed E-state index contributed by atoms with van der Waals surface area (Å²) in [7, 11) is 0. The summed E-state index contributed by atoms with van der Waals surface area (Å²) < 4.78 is 0. The van der Waals surface area contributed by atoms with E-state index >= 15 is 0 Å². The zero-order valence-corrected chi connectivity index (χ0v) is 14.2. The molecule has 0 amide bonds. The lowest BCUT2D eigenvalue weighted by Gasteiger charge is -2.10. The molecule has 132 valence electrons. The topological polar surface area (TPSA) is 124 Å². The third-order valence-electron chi connectivity index (χ3n) is 4.06. The standard InChI is InChI=1S/C20H16N6O/c21-19-23-9-8-15(24-19)13-6-7-18(27)14(10-13)17-11-16(25-20(22)26-17)12-4-2-1-3-5-12/h1-11,27H,(H2,21,23,24)(H2,22,25,26). The van der Waals surface area contributed by atoms with Crippen LogP contribution < -0.4 is 11.5 Å². The van der Waals surface area contributed by atoms with Crippen molar-refractivity contribution in [1.29, 1.82) is 0 Å². The molecule has 0 radical (unpaired) electrons. The Morgan fingerprint density at radius 3 is 2.19 bits per heavy atom. The monoisotopic (exact) mass is 356 g/mol. The van der Waals surface area contributed by atoms with E-state index in [-0.39, 0.29) is 17.6 Å². The molecule has 2 aromatic heterocycles. The van der Waals surface area contributed by atoms with E-state index < -0.39 is 0 Å². The van der Waals surface area contributed by atoms with Gasteiger partial charge in [0.1, 0.15) is 5.75 Å². The Kier molecular flexibility index (Phi) is 4.10. The normalized spacial score (nSPS) is 10.7. The van der Waals surface area contributed by atoms with Crippen LogP contribution in [-0.2, 0) is 0 Å². The van der Waals surface area contributed by atoms with Crippen molar-refractivity contribution in [2.75, 3.05) is 11.5 Å². The second-order valence-corrected chi connectivity index (χ2v) is 5.89. The molecule has 4 aromatic rings. The van der Waals surface area contributed by atoms with Gasteiger partial charge in [-0.05, 0) is 30.3 Å². The number of benzene rings is 2. The molecule has 0 spiro atoms. The van der Waals surface area contributed by atoms with Crippen molar-refractivity contribution in [3.63, 3.8) is 0 Å². The highest BCUT2D eigenvalue weighted by Gasteiger charge is 2.12. The minimum Gasteiger partial charge on any atom is -0.507 e. The number of phenols is 1. The molecule has 7 heteroatoms. The van der Waals surface area contributed by atoms with E-state index in [0.717, 1.165) is 11.1 Å². The lowest BCUT2D eigenvalue weighted by atomic mass is 10.0. The number of nitrogen functional groups attached to an aromatic ring is 2. The van der Waals surface area contributed by atoms with E-state index in [1.165, 1.54) is 0 Å². The molecular formula is C20H16N6O. The van der Waals surface area contributed by atoms with Crippen molar-refractivity contribution in [3.8, 4) is 39.5 Å². The number of aromatic hydroxyl groups is 1. The molecule has 5 N–H and O–H groups in total. The highest BCUT2D eigenvalue weighted by molar-refractivity contribution is 5.77. The van der Waals surface area contributed by atoms with Crippen LogP contribution in [0.5, 0.6) is 5.75 Å². The summed E-state index contributed by atoms with van der Waals surface area (Å²) in [4.78, 5) is 16.7. The second kappa shape index (κ2) is 6.72. The third-order valence-corrected chi connectivity index (χ3v) is 4.06. The summed E-state index contributed by atoms with van der Waals surface area (Å²) in [5.41, 5.74) is 15.6. The zero-order chi connectivity index (χ0) is 18.8. The predicted octanol–water partition coefficient (Wildman–Crippen LogP) is 3.14. The Bertz CT molecular complexity index is 1110. The zero-order valence-electron chi connectivity index (χ0n) is 14.2. The van der Waals surface area contributed by atoms with Gasteiger partial charge < -0.3 is 16.6 Å². The van der Waals surface area contributed by atoms with Crippen molar-refractivity contribution >= 4 is 11.9 Å². The number of hydrogen-bond acceptors (Lipinski definition) is 7. The van der Waals surface area contributed by atoms with E-state index in [1.807, 2.05) is 30.3 Å². The Hall–Kier alpha value is -4.00. The predicted molar refractivity (Wildman–Crippen MR) is 104 cm³/mol. The van der Waals surface area contributed by atoms with E-state index in [4.69, 9.17) is 11.5 Å². The molecule has 0 aliphatic carbocycles. The Labute approximate surface area is 155 Å². The first kappa shape index (κ1) is 16.5. The van der Waals surface area contributed by atoms with Crippen molar-refractivity contribution in [2.24, 2.45) is 0 Å². The van der Waals surface area contributed by atoms with E-state index in [9.17, 15) is 5.11 Å². The van der Waals surface area contributed by atoms with Crippen molar-refractivity contribution in [2.45, 2.75) is 0 Å². The summed E-state index contributed by atoms with van der Waals surface area (Å²) >= 11 is 0. The molecule has 0 fully saturated rings. The summed E-state index contributed by atoms with van der Waals surface area (Å²) in [6.45, 7) is 0. The second-order valence-electron chi connectivity index (χ2n) is 5.89. The molecule has 0 atom stereocenters. The molecule has 0 aliphatic rings. The molecule has 4 rings (SSSR count). The van der Waals surface area contributed by atoms with Crippen LogP contribution >= 0.6 is 0 Å². The van der Waals surface area contributed by atoms with Gasteiger partial charge in [0.2, 0.25) is 11.9 Å². The molecule has 0 bridgehead atoms. The minimum atomic E-state index is 0.0814. The van der Waals surface area contributed by atoms with Crippen LogP contribution in [0.25, 0.3) is 33.8 Å². The first-order chi connectivity index (χ1) is 13.1. The SMILES string of the molecule is Nc1nccc(-c2ccc(O)c(-c3cc(-c4ccccc4)nc(N)n3)c2)n1. The highest BCUT2D eigenvalue weighted by Crippen LogP contribution is 2.34. The number of rotatable bonds is 3. The molecule has 0 aliphatic heterocycles. The quantitative estimate of drug-likeness (QED) is 0.515. The average Bonchev–Trinajstić information content (AvgIpc) is 2.68. The lowest BCUT2D eigenvalue weighted by Crippen LogP contribution is -1.99. The molecule has 2 aromatic carbocycles. The van der Waals surface area contributed by atoms with E-state index in [1.54, 1.807) is 36.5 Å². The van der Waals surface area contributed by atoms with Crippen LogP contribution in [-0.4, -0.2) is 25.0 Å². The number of nitrogens with zero attached hydrogens (tertiary/aromatic N) is 4. The van der Waals surface area contributed by atoms with Crippen LogP contribution in [0, 0.1) is 0 Å². The Balaban J connectivity index is 1.84. The van der Waals surface area contributed by atoms with Crippen LogP contribution in [0.3, 0.4) is 0 Å². The summed E-state index contributed by atoms with van der Waals surface area (Å²) in [6.07, 6.45) is 1.58. The van der Waals surface area contributed by atoms with Crippen LogP contribution in [0.4, 0.5) is 11.9 Å². The van der Waals surface area contributed by atoms with Gasteiger partial charge in [0.25, 0.3) is 0 Å². The van der Waals surface area contributed by atoms with Crippen LogP contribution in [0.15, 0.2) is 66.9 Å². The Morgan fingerprint density at radius 1 is 0.667 bits per heavy atom. The number of nitrogens with two attached hydrogens (primary N) is 2. The highest BCUT2D eigenvalue weighted by atomic mass is 16.3. The molecule has 0 saturated carbocycles. The summed E-state index contributed by atoms with van der Waals surface area (Å²) in [5.74, 6) is 0.389. The van der Waals surface area contributed by atoms with Gasteiger partial charge in [0.05, 0.1) is 17.1 Å². The van der Waals surface area contributed by atoms with Crippen LogP contribution in [0.2, 0.25) is 0 Å². The maximum Gasteiger partial charge on any atom is 0.221 e. The maximum atomic E-state index is 10.4. The Morgan fingerprint density at radius 2 is 1.41 bits per heavy atom. The maximum absolute atomic E-state index is 10.4. The summed E-state index contributed by atoms with van der Waals surface area (Å²) in [6, 6.07) is 18.3. The molecule has 0 unspecified atom stereocenters. The fourth-order valence-corrected chi connectivity index (χ4v) is 2.80. The first-order valence-electron chi connectivity index (χ1n) is 8.22. The molecule has 7 nitrogen and oxygen atoms in total. The average molecular weight is 356 g/mol. The number of phenolic OH excluding ortho intramolecular Hbond substituents is 1. The van der Waals surface area contributed by atoms with Gasteiger partial charge in [0.15, 0.2) is 0 Å². The van der Waals surface area contributed by atoms with Gasteiger partial charge in [0, 0.05) is 22.9 Å². The van der Waals surface area contributed by atoms with Gasteiger partial charge >= 0.3 is 0 Å². The molecule has 0 saturated heterocycles. The van der Waals surface area contributed by atoms with Crippen molar-refractivity contribution < 1.29 is 5.11 Å². The largest absolute Gasteiger partial charge is 0.507 e. The molecular weight excluding hydrogens is 340 g/mol. The molecule has 27 heavy (non-hydrogen) atoms. The minimum absolute atomic E-state index is 0.0814. The molecule has 2 heterocycles. The van der Waals surface area contributed by atoms with E-state index in [2.05, 4.69) is 19.9 Å². The smallest absolute Gasteiger partial charge is 0.221 e. The fraction of sp³-hybridized carbons (Fsp3) is 0. The number of anilines is 2. The van der Waals surface area contributed by atoms with Crippen molar-refractivity contribution in [3.05, 3.63) is 66.9 Å². The summed E-state index contributed by atoms with van der Waals surface area (Å²) in [5, 5.41) is 10.4. The number of hydrogen-bond donors (Lipinski definition) is 3. The number of aromatic nitrogens is 4. The fourth-order valence-electron chi connectivity index (χ4n) is 2.80. The van der Waals surface area contributed by atoms with E-state index in [0.29, 0.717) is 22.6 Å². The van der Waals surface area contributed by atoms with Gasteiger partial charge in [-0.1, -0.05) is 30.3 Å². The van der Waals surface area contributed by atoms with Crippen LogP contribution in [0.1, 0.15) is 0 Å². The lowest BCUT2D eigenvalue weighted by molar-refractivity contribution is 0.477. The third kappa shape index (κ3) is 3.38. The van der Waals surface area contributed by atoms with Crippen molar-refractivity contribution in [1.82, 2.24) is 19.9 Å². The first-order valence-corrected chi connectivity index (χ1v) is 8.22. The van der Waals surface area contributed by atoms with Gasteiger partial charge in [-0.3, -0.25) is 0 Å².